The standard InChI is InChI=1S/C13H12N2O/c1-3-4-9-5-6-11-10(7-9)8-12(13(14)16)15(11)2/h1,5-8H,4H2,2H3,(H2,14,16). The van der Waals surface area contributed by atoms with Gasteiger partial charge < -0.3 is 10.3 Å². The number of amides is 1. The topological polar surface area (TPSA) is 48.0 Å². The average molecular weight is 212 g/mol. The molecule has 0 aliphatic rings. The quantitative estimate of drug-likeness (QED) is 0.752. The van der Waals surface area contributed by atoms with Crippen molar-refractivity contribution in [1.29, 1.82) is 0 Å². The molecule has 0 aliphatic carbocycles. The van der Waals surface area contributed by atoms with Crippen LogP contribution in [0.4, 0.5) is 0 Å². The number of hydrogen-bond acceptors (Lipinski definition) is 1. The van der Waals surface area contributed by atoms with E-state index in [1.54, 1.807) is 10.6 Å². The summed E-state index contributed by atoms with van der Waals surface area (Å²) in [5.74, 6) is 2.18. The number of nitrogens with two attached hydrogens (primary N) is 1. The zero-order valence-electron chi connectivity index (χ0n) is 9.03. The maximum atomic E-state index is 11.2. The van der Waals surface area contributed by atoms with Crippen molar-refractivity contribution in [3.8, 4) is 12.3 Å². The molecular formula is C13H12N2O. The highest BCUT2D eigenvalue weighted by Gasteiger charge is 2.09. The van der Waals surface area contributed by atoms with E-state index in [0.29, 0.717) is 12.1 Å². The fourth-order valence-corrected chi connectivity index (χ4v) is 1.86. The maximum absolute atomic E-state index is 11.2. The van der Waals surface area contributed by atoms with E-state index < -0.39 is 5.91 Å². The number of fused-ring (bicyclic) bond motifs is 1. The van der Waals surface area contributed by atoms with Crippen molar-refractivity contribution in [1.82, 2.24) is 4.57 Å². The van der Waals surface area contributed by atoms with Crippen molar-refractivity contribution >= 4 is 16.8 Å². The Hall–Kier alpha value is -2.21. The van der Waals surface area contributed by atoms with E-state index in [-0.39, 0.29) is 0 Å². The summed E-state index contributed by atoms with van der Waals surface area (Å²) in [6.07, 6.45) is 5.85. The van der Waals surface area contributed by atoms with Crippen LogP contribution < -0.4 is 5.73 Å². The molecular weight excluding hydrogens is 200 g/mol. The molecule has 3 heteroatoms. The monoisotopic (exact) mass is 212 g/mol. The highest BCUT2D eigenvalue weighted by molar-refractivity contribution is 5.97. The van der Waals surface area contributed by atoms with Gasteiger partial charge >= 0.3 is 0 Å². The van der Waals surface area contributed by atoms with E-state index in [2.05, 4.69) is 5.92 Å². The summed E-state index contributed by atoms with van der Waals surface area (Å²) in [5.41, 5.74) is 7.84. The van der Waals surface area contributed by atoms with Crippen LogP contribution in [0.15, 0.2) is 24.3 Å². The number of primary amides is 1. The normalized spacial score (nSPS) is 10.2. The van der Waals surface area contributed by atoms with Crippen LogP contribution in [0, 0.1) is 12.3 Å². The molecule has 1 heterocycles. The van der Waals surface area contributed by atoms with Crippen LogP contribution in [0.25, 0.3) is 10.9 Å². The Morgan fingerprint density at radius 2 is 2.25 bits per heavy atom. The molecule has 1 aromatic carbocycles. The van der Waals surface area contributed by atoms with Gasteiger partial charge in [0.15, 0.2) is 0 Å². The predicted molar refractivity (Wildman–Crippen MR) is 64.0 cm³/mol. The lowest BCUT2D eigenvalue weighted by Crippen LogP contribution is -2.14. The van der Waals surface area contributed by atoms with Crippen molar-refractivity contribution < 1.29 is 4.79 Å². The minimum Gasteiger partial charge on any atom is -0.364 e. The summed E-state index contributed by atoms with van der Waals surface area (Å²) >= 11 is 0. The summed E-state index contributed by atoms with van der Waals surface area (Å²) in [6.45, 7) is 0. The molecule has 0 aliphatic heterocycles. The van der Waals surface area contributed by atoms with Gasteiger partial charge in [0.2, 0.25) is 0 Å². The lowest BCUT2D eigenvalue weighted by atomic mass is 10.1. The Bertz CT molecular complexity index is 602. The minimum absolute atomic E-state index is 0.419. The fraction of sp³-hybridized carbons (Fsp3) is 0.154. The van der Waals surface area contributed by atoms with Gasteiger partial charge in [0.05, 0.1) is 0 Å². The van der Waals surface area contributed by atoms with E-state index >= 15 is 0 Å². The van der Waals surface area contributed by atoms with Gasteiger partial charge in [-0.05, 0) is 23.8 Å². The number of terminal acetylenes is 1. The Morgan fingerprint density at radius 1 is 1.50 bits per heavy atom. The second kappa shape index (κ2) is 3.74. The maximum Gasteiger partial charge on any atom is 0.265 e. The van der Waals surface area contributed by atoms with Gasteiger partial charge in [-0.1, -0.05) is 6.07 Å². The lowest BCUT2D eigenvalue weighted by molar-refractivity contribution is 0.0993. The van der Waals surface area contributed by atoms with E-state index in [0.717, 1.165) is 16.5 Å². The smallest absolute Gasteiger partial charge is 0.265 e. The molecule has 0 fully saturated rings. The van der Waals surface area contributed by atoms with Gasteiger partial charge in [0.25, 0.3) is 5.91 Å². The third-order valence-corrected chi connectivity index (χ3v) is 2.67. The Labute approximate surface area is 93.9 Å². The molecule has 0 unspecified atom stereocenters. The zero-order chi connectivity index (χ0) is 11.7. The van der Waals surface area contributed by atoms with Crippen LogP contribution in [0.2, 0.25) is 0 Å². The Morgan fingerprint density at radius 3 is 2.88 bits per heavy atom. The SMILES string of the molecule is C#CCc1ccc2c(c1)cc(C(N)=O)n2C. The first-order chi connectivity index (χ1) is 7.63. The highest BCUT2D eigenvalue weighted by atomic mass is 16.1. The van der Waals surface area contributed by atoms with Crippen LogP contribution in [-0.2, 0) is 13.5 Å². The van der Waals surface area contributed by atoms with Gasteiger partial charge in [-0.15, -0.1) is 12.3 Å². The van der Waals surface area contributed by atoms with E-state index in [1.165, 1.54) is 0 Å². The number of benzene rings is 1. The van der Waals surface area contributed by atoms with Crippen molar-refractivity contribution in [3.63, 3.8) is 0 Å². The van der Waals surface area contributed by atoms with Crippen molar-refractivity contribution in [3.05, 3.63) is 35.5 Å². The predicted octanol–water partition coefficient (Wildman–Crippen LogP) is 1.45. The molecule has 3 nitrogen and oxygen atoms in total. The molecule has 16 heavy (non-hydrogen) atoms. The van der Waals surface area contributed by atoms with Gasteiger partial charge in [-0.2, -0.15) is 0 Å². The molecule has 80 valence electrons. The molecule has 0 bridgehead atoms. The molecule has 0 radical (unpaired) electrons. The molecule has 2 rings (SSSR count). The van der Waals surface area contributed by atoms with Crippen LogP contribution in [-0.4, -0.2) is 10.5 Å². The first-order valence-corrected chi connectivity index (χ1v) is 4.95. The molecule has 1 amide bonds. The fourth-order valence-electron chi connectivity index (χ4n) is 1.86. The summed E-state index contributed by atoms with van der Waals surface area (Å²) < 4.78 is 1.79. The molecule has 2 N–H and O–H groups in total. The van der Waals surface area contributed by atoms with Crippen molar-refractivity contribution in [2.45, 2.75) is 6.42 Å². The van der Waals surface area contributed by atoms with E-state index in [9.17, 15) is 4.79 Å². The molecule has 1 aromatic heterocycles. The summed E-state index contributed by atoms with van der Waals surface area (Å²) in [6, 6.07) is 7.70. The lowest BCUT2D eigenvalue weighted by Gasteiger charge is -2.00. The van der Waals surface area contributed by atoms with Crippen LogP contribution in [0.5, 0.6) is 0 Å². The number of carbonyl (C=O) groups is 1. The largest absolute Gasteiger partial charge is 0.364 e. The second-order valence-electron chi connectivity index (χ2n) is 3.73. The summed E-state index contributed by atoms with van der Waals surface area (Å²) in [4.78, 5) is 11.2. The van der Waals surface area contributed by atoms with Crippen molar-refractivity contribution in [2.24, 2.45) is 12.8 Å². The van der Waals surface area contributed by atoms with Crippen LogP contribution >= 0.6 is 0 Å². The number of aryl methyl sites for hydroxylation is 1. The van der Waals surface area contributed by atoms with Gasteiger partial charge in [0, 0.05) is 24.4 Å². The number of nitrogens with zero attached hydrogens (tertiary/aromatic N) is 1. The van der Waals surface area contributed by atoms with Gasteiger partial charge in [-0.25, -0.2) is 0 Å². The minimum atomic E-state index is -0.419. The first kappa shape index (κ1) is 10.3. The van der Waals surface area contributed by atoms with Crippen LogP contribution in [0.1, 0.15) is 16.1 Å². The molecule has 2 aromatic rings. The molecule has 0 atom stereocenters. The van der Waals surface area contributed by atoms with Crippen molar-refractivity contribution in [2.75, 3.05) is 0 Å². The number of rotatable bonds is 2. The highest BCUT2D eigenvalue weighted by Crippen LogP contribution is 2.20. The van der Waals surface area contributed by atoms with E-state index in [1.807, 2.05) is 25.2 Å². The first-order valence-electron chi connectivity index (χ1n) is 4.95. The van der Waals surface area contributed by atoms with Gasteiger partial charge in [0.1, 0.15) is 5.69 Å². The Kier molecular flexibility index (Phi) is 2.41. The van der Waals surface area contributed by atoms with E-state index in [4.69, 9.17) is 12.2 Å². The van der Waals surface area contributed by atoms with Gasteiger partial charge in [-0.3, -0.25) is 4.79 Å². The average Bonchev–Trinajstić information content (AvgIpc) is 2.56. The number of aromatic nitrogens is 1. The molecule has 0 saturated heterocycles. The number of hydrogen-bond donors (Lipinski definition) is 1. The zero-order valence-corrected chi connectivity index (χ0v) is 9.03. The summed E-state index contributed by atoms with van der Waals surface area (Å²) in [5, 5.41) is 0.990. The molecule has 0 spiro atoms. The summed E-state index contributed by atoms with van der Waals surface area (Å²) in [7, 11) is 1.82. The second-order valence-corrected chi connectivity index (χ2v) is 3.73. The third kappa shape index (κ3) is 1.55. The third-order valence-electron chi connectivity index (χ3n) is 2.67. The molecule has 0 saturated carbocycles. The van der Waals surface area contributed by atoms with Crippen LogP contribution in [0.3, 0.4) is 0 Å². The Balaban J connectivity index is 2.63. The number of carbonyl (C=O) groups excluding carboxylic acids is 1.